The van der Waals surface area contributed by atoms with Crippen molar-refractivity contribution in [3.63, 3.8) is 0 Å². The van der Waals surface area contributed by atoms with E-state index in [2.05, 4.69) is 38.3 Å². The molecule has 0 aliphatic carbocycles. The lowest BCUT2D eigenvalue weighted by atomic mass is 9.79. The molecule has 5 N–H and O–H groups in total. The molecule has 0 spiro atoms. The van der Waals surface area contributed by atoms with Crippen LogP contribution >= 0.6 is 0 Å². The smallest absolute Gasteiger partial charge is 0.251 e. The van der Waals surface area contributed by atoms with Crippen LogP contribution in [0.3, 0.4) is 0 Å². The maximum absolute atomic E-state index is 12.8. The van der Waals surface area contributed by atoms with Gasteiger partial charge in [-0.05, 0) is 75.9 Å². The normalized spacial score (nSPS) is 18.1. The van der Waals surface area contributed by atoms with Crippen LogP contribution in [0.5, 0.6) is 5.75 Å². The fraction of sp³-hybridized carbons (Fsp3) is 0.385. The number of rotatable bonds is 7. The largest absolute Gasteiger partial charge is 0.489 e. The van der Waals surface area contributed by atoms with Crippen LogP contribution in [0.2, 0.25) is 0 Å². The summed E-state index contributed by atoms with van der Waals surface area (Å²) >= 11 is 0. The Labute approximate surface area is 190 Å². The van der Waals surface area contributed by atoms with Gasteiger partial charge in [0, 0.05) is 40.7 Å². The van der Waals surface area contributed by atoms with Crippen LogP contribution in [-0.2, 0) is 6.61 Å². The van der Waals surface area contributed by atoms with Crippen molar-refractivity contribution < 1.29 is 9.53 Å². The van der Waals surface area contributed by atoms with Crippen molar-refractivity contribution in [2.45, 2.75) is 64.3 Å². The molecule has 1 heterocycles. The van der Waals surface area contributed by atoms with Crippen LogP contribution in [0.1, 0.15) is 62.0 Å². The number of piperidine rings is 1. The standard InChI is InChI=1S/C26H34N4O2/c1-25(2)13-22(14-26(3,4)30-25)29-24(31)19-10-8-18(9-11-19)17-32-23-7-5-6-20(12-23)21(15-27)16-28/h5-12,15-16,22,27,30H,13-14,17,28H2,1-4H3,(H,29,31)/b21-16+,27-15?. The van der Waals surface area contributed by atoms with Gasteiger partial charge in [0.05, 0.1) is 0 Å². The summed E-state index contributed by atoms with van der Waals surface area (Å²) in [5, 5.41) is 14.3. The summed E-state index contributed by atoms with van der Waals surface area (Å²) in [4.78, 5) is 12.8. The number of ether oxygens (including phenoxy) is 1. The van der Waals surface area contributed by atoms with Gasteiger partial charge in [-0.3, -0.25) is 4.79 Å². The highest BCUT2D eigenvalue weighted by Crippen LogP contribution is 2.28. The molecule has 3 rings (SSSR count). The summed E-state index contributed by atoms with van der Waals surface area (Å²) in [6.07, 6.45) is 4.41. The van der Waals surface area contributed by atoms with Gasteiger partial charge >= 0.3 is 0 Å². The topological polar surface area (TPSA) is 100 Å². The number of hydrogen-bond donors (Lipinski definition) is 4. The number of benzene rings is 2. The summed E-state index contributed by atoms with van der Waals surface area (Å²) in [5.74, 6) is 0.651. The first kappa shape index (κ1) is 23.5. The van der Waals surface area contributed by atoms with Gasteiger partial charge in [-0.1, -0.05) is 24.3 Å². The van der Waals surface area contributed by atoms with Crippen molar-refractivity contribution in [3.8, 4) is 5.75 Å². The maximum Gasteiger partial charge on any atom is 0.251 e. The lowest BCUT2D eigenvalue weighted by Crippen LogP contribution is -2.62. The van der Waals surface area contributed by atoms with Crippen LogP contribution in [0.25, 0.3) is 5.57 Å². The monoisotopic (exact) mass is 434 g/mol. The Balaban J connectivity index is 1.59. The Morgan fingerprint density at radius 2 is 1.78 bits per heavy atom. The van der Waals surface area contributed by atoms with Crippen molar-refractivity contribution in [1.82, 2.24) is 10.6 Å². The second-order valence-electron chi connectivity index (χ2n) is 9.75. The molecule has 1 aliphatic heterocycles. The minimum absolute atomic E-state index is 0.0163. The molecule has 0 radical (unpaired) electrons. The van der Waals surface area contributed by atoms with E-state index in [4.69, 9.17) is 15.9 Å². The highest BCUT2D eigenvalue weighted by Gasteiger charge is 2.38. The molecular weight excluding hydrogens is 400 g/mol. The summed E-state index contributed by atoms with van der Waals surface area (Å²) in [6, 6.07) is 15.1. The number of nitrogens with two attached hydrogens (primary N) is 1. The minimum Gasteiger partial charge on any atom is -0.489 e. The molecule has 1 fully saturated rings. The number of carbonyl (C=O) groups is 1. The second kappa shape index (κ2) is 9.57. The number of hydrogen-bond acceptors (Lipinski definition) is 5. The molecule has 2 aromatic rings. The lowest BCUT2D eigenvalue weighted by molar-refractivity contribution is 0.0873. The summed E-state index contributed by atoms with van der Waals surface area (Å²) in [7, 11) is 0. The van der Waals surface area contributed by atoms with Gasteiger partial charge < -0.3 is 26.5 Å². The SMILES string of the molecule is CC1(C)CC(NC(=O)c2ccc(COc3cccc(/C(C=N)=C/N)c3)cc2)CC(C)(C)N1. The second-order valence-corrected chi connectivity index (χ2v) is 9.75. The van der Waals surface area contributed by atoms with Crippen molar-refractivity contribution in [2.75, 3.05) is 0 Å². The molecule has 0 bridgehead atoms. The molecule has 170 valence electrons. The van der Waals surface area contributed by atoms with E-state index in [0.29, 0.717) is 23.5 Å². The van der Waals surface area contributed by atoms with E-state index >= 15 is 0 Å². The van der Waals surface area contributed by atoms with Crippen LogP contribution in [0.15, 0.2) is 54.7 Å². The average Bonchev–Trinajstić information content (AvgIpc) is 2.71. The predicted molar refractivity (Wildman–Crippen MR) is 130 cm³/mol. The molecule has 2 aromatic carbocycles. The van der Waals surface area contributed by atoms with Crippen LogP contribution < -0.4 is 21.1 Å². The molecule has 32 heavy (non-hydrogen) atoms. The first-order valence-electron chi connectivity index (χ1n) is 11.0. The van der Waals surface area contributed by atoms with Crippen LogP contribution in [0, 0.1) is 5.41 Å². The van der Waals surface area contributed by atoms with E-state index in [1.54, 1.807) is 0 Å². The fourth-order valence-corrected chi connectivity index (χ4v) is 4.61. The number of carbonyl (C=O) groups excluding carboxylic acids is 1. The third kappa shape index (κ3) is 6.20. The van der Waals surface area contributed by atoms with E-state index in [9.17, 15) is 4.79 Å². The molecular formula is C26H34N4O2. The van der Waals surface area contributed by atoms with Crippen molar-refractivity contribution in [1.29, 1.82) is 5.41 Å². The first-order chi connectivity index (χ1) is 15.1. The van der Waals surface area contributed by atoms with Gasteiger partial charge in [-0.2, -0.15) is 0 Å². The van der Waals surface area contributed by atoms with Crippen molar-refractivity contribution >= 4 is 17.7 Å². The Hall–Kier alpha value is -3.12. The van der Waals surface area contributed by atoms with Crippen LogP contribution in [-0.4, -0.2) is 29.2 Å². The zero-order valence-electron chi connectivity index (χ0n) is 19.4. The van der Waals surface area contributed by atoms with E-state index < -0.39 is 0 Å². The summed E-state index contributed by atoms with van der Waals surface area (Å²) in [6.45, 7) is 9.09. The van der Waals surface area contributed by atoms with Gasteiger partial charge in [-0.15, -0.1) is 0 Å². The maximum atomic E-state index is 12.8. The molecule has 1 saturated heterocycles. The van der Waals surface area contributed by atoms with Crippen LogP contribution in [0.4, 0.5) is 0 Å². The average molecular weight is 435 g/mol. The number of amides is 1. The highest BCUT2D eigenvalue weighted by atomic mass is 16.5. The van der Waals surface area contributed by atoms with Gasteiger partial charge in [0.1, 0.15) is 12.4 Å². The highest BCUT2D eigenvalue weighted by molar-refractivity contribution is 6.08. The molecule has 0 unspecified atom stereocenters. The lowest BCUT2D eigenvalue weighted by Gasteiger charge is -2.46. The molecule has 1 amide bonds. The third-order valence-electron chi connectivity index (χ3n) is 5.65. The third-order valence-corrected chi connectivity index (χ3v) is 5.65. The molecule has 0 saturated carbocycles. The molecule has 6 heteroatoms. The van der Waals surface area contributed by atoms with E-state index in [1.807, 2.05) is 48.5 Å². The Morgan fingerprint density at radius 1 is 1.12 bits per heavy atom. The zero-order chi connectivity index (χ0) is 23.4. The molecule has 1 aliphatic rings. The Bertz CT molecular complexity index is 977. The van der Waals surface area contributed by atoms with Gasteiger partial charge in [0.15, 0.2) is 0 Å². The summed E-state index contributed by atoms with van der Waals surface area (Å²) in [5.41, 5.74) is 8.61. The van der Waals surface area contributed by atoms with Gasteiger partial charge in [-0.25, -0.2) is 0 Å². The number of nitrogens with one attached hydrogen (secondary N) is 3. The fourth-order valence-electron chi connectivity index (χ4n) is 4.61. The zero-order valence-corrected chi connectivity index (χ0v) is 19.4. The summed E-state index contributed by atoms with van der Waals surface area (Å²) < 4.78 is 5.89. The van der Waals surface area contributed by atoms with Gasteiger partial charge in [0.25, 0.3) is 5.91 Å². The Kier molecular flexibility index (Phi) is 7.04. The van der Waals surface area contributed by atoms with Crippen molar-refractivity contribution in [2.24, 2.45) is 5.73 Å². The first-order valence-corrected chi connectivity index (χ1v) is 11.0. The van der Waals surface area contributed by atoms with Crippen molar-refractivity contribution in [3.05, 3.63) is 71.4 Å². The quantitative estimate of drug-likeness (QED) is 0.489. The van der Waals surface area contributed by atoms with E-state index in [1.165, 1.54) is 12.4 Å². The number of allylic oxidation sites excluding steroid dienone is 1. The minimum atomic E-state index is -0.0450. The molecule has 0 atom stereocenters. The molecule has 0 aromatic heterocycles. The van der Waals surface area contributed by atoms with E-state index in [-0.39, 0.29) is 23.0 Å². The molecule has 6 nitrogen and oxygen atoms in total. The Morgan fingerprint density at radius 3 is 2.38 bits per heavy atom. The predicted octanol–water partition coefficient (Wildman–Crippen LogP) is 4.25. The van der Waals surface area contributed by atoms with E-state index in [0.717, 1.165) is 24.0 Å². The van der Waals surface area contributed by atoms with Gasteiger partial charge in [0.2, 0.25) is 0 Å².